The summed E-state index contributed by atoms with van der Waals surface area (Å²) in [4.78, 5) is 18.1. The van der Waals surface area contributed by atoms with Crippen molar-refractivity contribution in [2.75, 3.05) is 13.1 Å². The Bertz CT molecular complexity index is 832. The molecule has 0 radical (unpaired) electrons. The Balaban J connectivity index is 1.33. The fraction of sp³-hybridized carbons (Fsp3) is 0.500. The minimum Gasteiger partial charge on any atom is -0.335 e. The minimum atomic E-state index is 0.161. The molecule has 3 atom stereocenters. The van der Waals surface area contributed by atoms with E-state index in [1.165, 1.54) is 30.4 Å². The van der Waals surface area contributed by atoms with Gasteiger partial charge in [0.05, 0.1) is 6.04 Å². The van der Waals surface area contributed by atoms with E-state index in [0.717, 1.165) is 38.9 Å². The van der Waals surface area contributed by atoms with E-state index in [1.807, 2.05) is 0 Å². The maximum absolute atomic E-state index is 13.3. The Hall–Kier alpha value is -2.33. The quantitative estimate of drug-likeness (QED) is 0.782. The van der Waals surface area contributed by atoms with Gasteiger partial charge >= 0.3 is 6.03 Å². The number of likely N-dealkylation sites (tertiary alicyclic amines) is 1. The second-order valence-electron chi connectivity index (χ2n) is 9.26. The van der Waals surface area contributed by atoms with Gasteiger partial charge in [-0.2, -0.15) is 0 Å². The number of rotatable bonds is 4. The first-order valence-corrected chi connectivity index (χ1v) is 11.7. The van der Waals surface area contributed by atoms with E-state index in [1.54, 1.807) is 0 Å². The fourth-order valence-electron chi connectivity index (χ4n) is 5.93. The van der Waals surface area contributed by atoms with Crippen LogP contribution >= 0.6 is 0 Å². The van der Waals surface area contributed by atoms with Gasteiger partial charge in [-0.1, -0.05) is 73.5 Å². The number of nitrogens with zero attached hydrogens (tertiary/aromatic N) is 2. The van der Waals surface area contributed by atoms with Gasteiger partial charge in [-0.25, -0.2) is 4.79 Å². The molecule has 4 nitrogen and oxygen atoms in total. The molecule has 0 spiro atoms. The highest BCUT2D eigenvalue weighted by molar-refractivity contribution is 5.77. The van der Waals surface area contributed by atoms with Crippen LogP contribution < -0.4 is 5.32 Å². The second-order valence-corrected chi connectivity index (χ2v) is 9.26. The fourth-order valence-corrected chi connectivity index (χ4v) is 5.93. The van der Waals surface area contributed by atoms with Gasteiger partial charge in [0, 0.05) is 37.6 Å². The Morgan fingerprint density at radius 3 is 2.23 bits per heavy atom. The van der Waals surface area contributed by atoms with E-state index >= 15 is 0 Å². The highest BCUT2D eigenvalue weighted by Gasteiger charge is 2.46. The first-order valence-electron chi connectivity index (χ1n) is 11.7. The second kappa shape index (κ2) is 8.81. The van der Waals surface area contributed by atoms with Gasteiger partial charge in [0.2, 0.25) is 0 Å². The third-order valence-electron chi connectivity index (χ3n) is 7.41. The lowest BCUT2D eigenvalue weighted by molar-refractivity contribution is 0.0268. The van der Waals surface area contributed by atoms with Crippen molar-refractivity contribution in [3.63, 3.8) is 0 Å². The van der Waals surface area contributed by atoms with Crippen molar-refractivity contribution in [1.29, 1.82) is 0 Å². The van der Waals surface area contributed by atoms with Crippen molar-refractivity contribution >= 4 is 6.03 Å². The lowest BCUT2D eigenvalue weighted by Crippen LogP contribution is -2.62. The molecule has 2 heterocycles. The van der Waals surface area contributed by atoms with Gasteiger partial charge in [-0.15, -0.1) is 0 Å². The lowest BCUT2D eigenvalue weighted by atomic mass is 9.74. The number of carbonyl (C=O) groups is 1. The Morgan fingerprint density at radius 2 is 1.50 bits per heavy atom. The number of hydrogen-bond donors (Lipinski definition) is 1. The zero-order valence-electron chi connectivity index (χ0n) is 17.7. The predicted octanol–water partition coefficient (Wildman–Crippen LogP) is 4.98. The monoisotopic (exact) mass is 403 g/mol. The van der Waals surface area contributed by atoms with E-state index in [2.05, 4.69) is 75.8 Å². The van der Waals surface area contributed by atoms with Crippen LogP contribution in [0, 0.1) is 5.92 Å². The number of piperidine rings is 1. The smallest absolute Gasteiger partial charge is 0.318 e. The minimum absolute atomic E-state index is 0.161. The third-order valence-corrected chi connectivity index (χ3v) is 7.41. The Labute approximate surface area is 180 Å². The summed E-state index contributed by atoms with van der Waals surface area (Å²) in [5.41, 5.74) is 2.69. The van der Waals surface area contributed by atoms with Gasteiger partial charge in [0.1, 0.15) is 0 Å². The third kappa shape index (κ3) is 3.98. The van der Waals surface area contributed by atoms with Crippen molar-refractivity contribution in [2.24, 2.45) is 5.92 Å². The number of nitrogens with one attached hydrogen (secondary N) is 1. The first-order chi connectivity index (χ1) is 14.8. The summed E-state index contributed by atoms with van der Waals surface area (Å²) < 4.78 is 0. The molecule has 158 valence electrons. The van der Waals surface area contributed by atoms with E-state index in [0.29, 0.717) is 18.0 Å². The van der Waals surface area contributed by atoms with Crippen LogP contribution in [-0.4, -0.2) is 41.0 Å². The number of carbonyl (C=O) groups excluding carboxylic acids is 1. The van der Waals surface area contributed by atoms with Crippen molar-refractivity contribution in [3.05, 3.63) is 71.8 Å². The molecule has 2 amide bonds. The molecular formula is C26H33N3O. The van der Waals surface area contributed by atoms with E-state index in [9.17, 15) is 4.79 Å². The summed E-state index contributed by atoms with van der Waals surface area (Å²) in [6.07, 6.45) is 6.98. The maximum atomic E-state index is 13.3. The lowest BCUT2D eigenvalue weighted by Gasteiger charge is -2.52. The van der Waals surface area contributed by atoms with Gasteiger partial charge < -0.3 is 10.2 Å². The van der Waals surface area contributed by atoms with Crippen LogP contribution in [0.3, 0.4) is 0 Å². The molecule has 3 unspecified atom stereocenters. The first kappa shape index (κ1) is 19.6. The average molecular weight is 404 g/mol. The molecule has 2 aliphatic heterocycles. The molecule has 4 heteroatoms. The van der Waals surface area contributed by atoms with Crippen LogP contribution in [-0.2, 0) is 6.54 Å². The molecule has 1 aliphatic carbocycles. The topological polar surface area (TPSA) is 35.6 Å². The molecule has 3 aliphatic rings. The number of benzene rings is 2. The molecule has 1 saturated carbocycles. The SMILES string of the molecule is O=C1NC2CCCCC2C(c2ccccc2)N1C1CCN(Cc2ccccc2)CC1. The van der Waals surface area contributed by atoms with Crippen LogP contribution in [0.25, 0.3) is 0 Å². The average Bonchev–Trinajstić information content (AvgIpc) is 2.80. The molecule has 2 aromatic rings. The van der Waals surface area contributed by atoms with Crippen molar-refractivity contribution in [3.8, 4) is 0 Å². The number of amides is 2. The predicted molar refractivity (Wildman–Crippen MR) is 120 cm³/mol. The summed E-state index contributed by atoms with van der Waals surface area (Å²) in [5, 5.41) is 3.39. The molecule has 2 aromatic carbocycles. The molecule has 3 fully saturated rings. The van der Waals surface area contributed by atoms with Crippen molar-refractivity contribution < 1.29 is 4.79 Å². The van der Waals surface area contributed by atoms with E-state index in [4.69, 9.17) is 0 Å². The van der Waals surface area contributed by atoms with Gasteiger partial charge in [-0.05, 0) is 36.8 Å². The van der Waals surface area contributed by atoms with Crippen LogP contribution in [0.15, 0.2) is 60.7 Å². The summed E-state index contributed by atoms with van der Waals surface area (Å²) in [6.45, 7) is 3.12. The number of hydrogen-bond acceptors (Lipinski definition) is 2. The summed E-state index contributed by atoms with van der Waals surface area (Å²) in [6, 6.07) is 22.6. The van der Waals surface area contributed by atoms with Gasteiger partial charge in [0.25, 0.3) is 0 Å². The largest absolute Gasteiger partial charge is 0.335 e. The van der Waals surface area contributed by atoms with Crippen LogP contribution in [0.1, 0.15) is 55.7 Å². The van der Waals surface area contributed by atoms with Crippen molar-refractivity contribution in [1.82, 2.24) is 15.1 Å². The van der Waals surface area contributed by atoms with Crippen LogP contribution in [0.5, 0.6) is 0 Å². The van der Waals surface area contributed by atoms with Gasteiger partial charge in [-0.3, -0.25) is 4.90 Å². The Morgan fingerprint density at radius 1 is 0.833 bits per heavy atom. The molecule has 0 aromatic heterocycles. The molecule has 2 saturated heterocycles. The highest BCUT2D eigenvalue weighted by Crippen LogP contribution is 2.43. The summed E-state index contributed by atoms with van der Waals surface area (Å²) >= 11 is 0. The number of urea groups is 1. The molecule has 5 rings (SSSR count). The van der Waals surface area contributed by atoms with Crippen LogP contribution in [0.4, 0.5) is 4.79 Å². The summed E-state index contributed by atoms with van der Waals surface area (Å²) in [7, 11) is 0. The molecule has 0 bridgehead atoms. The zero-order valence-corrected chi connectivity index (χ0v) is 17.7. The standard InChI is InChI=1S/C26H33N3O/c30-26-27-24-14-8-7-13-23(24)25(21-11-5-2-6-12-21)29(26)22-15-17-28(18-16-22)19-20-9-3-1-4-10-20/h1-6,9-12,22-25H,7-8,13-19H2,(H,27,30). The van der Waals surface area contributed by atoms with Crippen molar-refractivity contribution in [2.45, 2.75) is 63.2 Å². The molecule has 1 N–H and O–H groups in total. The van der Waals surface area contributed by atoms with E-state index < -0.39 is 0 Å². The normalized spacial score (nSPS) is 28.1. The van der Waals surface area contributed by atoms with Crippen LogP contribution in [0.2, 0.25) is 0 Å². The molecular weight excluding hydrogens is 370 g/mol. The highest BCUT2D eigenvalue weighted by atomic mass is 16.2. The molecule has 30 heavy (non-hydrogen) atoms. The van der Waals surface area contributed by atoms with Gasteiger partial charge in [0.15, 0.2) is 0 Å². The summed E-state index contributed by atoms with van der Waals surface area (Å²) in [5.74, 6) is 0.529. The zero-order chi connectivity index (χ0) is 20.3. The van der Waals surface area contributed by atoms with E-state index in [-0.39, 0.29) is 12.1 Å². The number of fused-ring (bicyclic) bond motifs is 1. The Kier molecular flexibility index (Phi) is 5.76. The maximum Gasteiger partial charge on any atom is 0.318 e.